The zero-order valence-electron chi connectivity index (χ0n) is 35.4. The maximum Gasteiger partial charge on any atom is 0.0773 e. The summed E-state index contributed by atoms with van der Waals surface area (Å²) < 4.78 is 0. The summed E-state index contributed by atoms with van der Waals surface area (Å²) >= 11 is 0. The van der Waals surface area contributed by atoms with Gasteiger partial charge in [-0.3, -0.25) is 0 Å². The molecule has 0 spiro atoms. The molecule has 0 saturated heterocycles. The van der Waals surface area contributed by atoms with E-state index in [0.717, 1.165) is 19.0 Å². The monoisotopic (exact) mass is 1190 g/mol. The van der Waals surface area contributed by atoms with Gasteiger partial charge in [0, 0.05) is 51.7 Å². The van der Waals surface area contributed by atoms with E-state index < -0.39 is 0 Å². The summed E-state index contributed by atoms with van der Waals surface area (Å²) in [7, 11) is 1.86. The van der Waals surface area contributed by atoms with Gasteiger partial charge in [0.2, 0.25) is 0 Å². The minimum atomic E-state index is 0. The molecule has 10 aromatic carbocycles. The molecule has 0 atom stereocenters. The minimum absolute atomic E-state index is 0. The Morgan fingerprint density at radius 1 is 0.300 bits per heavy atom. The van der Waals surface area contributed by atoms with Crippen molar-refractivity contribution >= 4 is 72.5 Å². The molecule has 0 amide bonds. The van der Waals surface area contributed by atoms with Gasteiger partial charge < -0.3 is 24.8 Å². The van der Waals surface area contributed by atoms with Crippen molar-refractivity contribution in [3.63, 3.8) is 0 Å². The topological polar surface area (TPSA) is 0 Å². The third kappa shape index (κ3) is 18.2. The first-order chi connectivity index (χ1) is 27.3. The molecule has 0 bridgehead atoms. The van der Waals surface area contributed by atoms with Gasteiger partial charge in [-0.15, -0.1) is 162 Å². The smallest absolute Gasteiger partial charge is 0.0773 e. The fourth-order valence-electron chi connectivity index (χ4n) is 6.43. The van der Waals surface area contributed by atoms with E-state index >= 15 is 0 Å². The Morgan fingerprint density at radius 2 is 0.500 bits per heavy atom. The molecule has 0 heterocycles. The average Bonchev–Trinajstić information content (AvgIpc) is 4.02. The first-order valence-corrected chi connectivity index (χ1v) is 22.2. The largest absolute Gasteiger partial charge is 1.00 e. The molecule has 6 heteroatoms. The van der Waals surface area contributed by atoms with Crippen LogP contribution in [0, 0.1) is 27.7 Å². The Kier molecular flexibility index (Phi) is 27.0. The van der Waals surface area contributed by atoms with Crippen LogP contribution >= 0.6 is 0 Å². The summed E-state index contributed by atoms with van der Waals surface area (Å²) in [4.78, 5) is 0. The van der Waals surface area contributed by atoms with Crippen LogP contribution in [-0.4, -0.2) is 19.0 Å². The summed E-state index contributed by atoms with van der Waals surface area (Å²) in [5.74, 6) is 0. The fraction of sp³-hybridized carbons (Fsp3) is 0.111. The van der Waals surface area contributed by atoms with Crippen LogP contribution in [-0.2, 0) is 51.7 Å². The van der Waals surface area contributed by atoms with E-state index in [1.807, 2.05) is 12.1 Å². The Hall–Kier alpha value is -3.49. The molecular weight excluding hydrogens is 1130 g/mol. The Balaban J connectivity index is 0.000000356. The van der Waals surface area contributed by atoms with Crippen LogP contribution in [0.15, 0.2) is 206 Å². The molecule has 0 aliphatic carbocycles. The van der Waals surface area contributed by atoms with E-state index in [2.05, 4.69) is 235 Å². The number of aryl methyl sites for hydroxylation is 4. The number of hydrogen-bond donors (Lipinski definition) is 0. The normalized spacial score (nSPS) is 9.43. The van der Waals surface area contributed by atoms with E-state index in [1.54, 1.807) is 0 Å². The van der Waals surface area contributed by atoms with Crippen molar-refractivity contribution in [2.24, 2.45) is 0 Å². The number of benzene rings is 6. The maximum atomic E-state index is 2.20. The molecule has 10 rings (SSSR count). The SMILES string of the molecule is C[Si]c1ccccc1.C[Si]c1ccccc1.Cc1cc2ccccc2[cH-]1.Cc1cc2ccccc2[cH-]1.Cc1cc2ccccc2[cH-]1.Cc1cc2ccccc2[cH-]1.[Cl-].[Cl-].[Hf].[Hf]. The van der Waals surface area contributed by atoms with Gasteiger partial charge >= 0.3 is 0 Å². The minimum Gasteiger partial charge on any atom is -1.00 e. The predicted molar refractivity (Wildman–Crippen MR) is 252 cm³/mol. The molecular formula is C54H52Cl2Hf2Si2-6. The van der Waals surface area contributed by atoms with Gasteiger partial charge in [0.25, 0.3) is 0 Å². The first kappa shape index (κ1) is 54.5. The summed E-state index contributed by atoms with van der Waals surface area (Å²) in [6.07, 6.45) is 0. The van der Waals surface area contributed by atoms with Crippen LogP contribution in [0.2, 0.25) is 13.1 Å². The van der Waals surface area contributed by atoms with Crippen molar-refractivity contribution < 1.29 is 76.5 Å². The van der Waals surface area contributed by atoms with Crippen LogP contribution in [0.4, 0.5) is 0 Å². The van der Waals surface area contributed by atoms with E-state index in [4.69, 9.17) is 0 Å². The summed E-state index contributed by atoms with van der Waals surface area (Å²) in [5.41, 5.74) is 5.39. The fourth-order valence-corrected chi connectivity index (χ4v) is 7.49. The van der Waals surface area contributed by atoms with Crippen LogP contribution < -0.4 is 35.2 Å². The van der Waals surface area contributed by atoms with Crippen molar-refractivity contribution in [3.8, 4) is 0 Å². The second kappa shape index (κ2) is 29.7. The van der Waals surface area contributed by atoms with Crippen LogP contribution in [0.25, 0.3) is 43.1 Å². The zero-order valence-corrected chi connectivity index (χ0v) is 46.1. The third-order valence-corrected chi connectivity index (χ3v) is 11.0. The molecule has 0 aliphatic rings. The van der Waals surface area contributed by atoms with Crippen molar-refractivity contribution in [3.05, 3.63) is 229 Å². The molecule has 304 valence electrons. The van der Waals surface area contributed by atoms with Gasteiger partial charge in [0.15, 0.2) is 0 Å². The predicted octanol–water partition coefficient (Wildman–Crippen LogP) is 7.60. The van der Waals surface area contributed by atoms with Gasteiger partial charge in [0.05, 0.1) is 19.0 Å². The molecule has 0 N–H and O–H groups in total. The molecule has 0 fully saturated rings. The summed E-state index contributed by atoms with van der Waals surface area (Å²) in [5, 5.41) is 13.7. The molecule has 4 radical (unpaired) electrons. The van der Waals surface area contributed by atoms with Crippen LogP contribution in [0.3, 0.4) is 0 Å². The second-order valence-electron chi connectivity index (χ2n) is 13.9. The average molecular weight is 1190 g/mol. The van der Waals surface area contributed by atoms with E-state index in [9.17, 15) is 0 Å². The first-order valence-electron chi connectivity index (χ1n) is 19.2. The number of fused-ring (bicyclic) bond motifs is 4. The van der Waals surface area contributed by atoms with E-state index in [0.29, 0.717) is 0 Å². The van der Waals surface area contributed by atoms with Crippen LogP contribution in [0.1, 0.15) is 22.3 Å². The van der Waals surface area contributed by atoms with Gasteiger partial charge in [-0.25, -0.2) is 0 Å². The van der Waals surface area contributed by atoms with Crippen molar-refractivity contribution in [2.45, 2.75) is 40.8 Å². The van der Waals surface area contributed by atoms with Crippen molar-refractivity contribution in [2.75, 3.05) is 0 Å². The van der Waals surface area contributed by atoms with Crippen LogP contribution in [0.5, 0.6) is 0 Å². The number of rotatable bonds is 2. The Morgan fingerprint density at radius 3 is 0.683 bits per heavy atom. The third-order valence-electron chi connectivity index (χ3n) is 9.17. The molecule has 0 nitrogen and oxygen atoms in total. The van der Waals surface area contributed by atoms with Crippen molar-refractivity contribution in [1.82, 2.24) is 0 Å². The summed E-state index contributed by atoms with van der Waals surface area (Å²) in [6.45, 7) is 12.9. The Bertz CT molecular complexity index is 2160. The van der Waals surface area contributed by atoms with Gasteiger partial charge in [-0.1, -0.05) is 136 Å². The Labute approximate surface area is 414 Å². The molecule has 0 unspecified atom stereocenters. The maximum absolute atomic E-state index is 2.20. The standard InChI is InChI=1S/4C10H9.2C7H8Si.2ClH.2Hf/c4*1-8-6-9-4-2-3-5-10(9)7-8;2*1-8-7-5-3-2-4-6-7;;;;/h4*2-7H,1H3;2*2-6H,1H3;2*1H;;/q4*-1;;;;;;/p-2. The molecule has 0 saturated carbocycles. The quantitative estimate of drug-likeness (QED) is 0.124. The molecule has 60 heavy (non-hydrogen) atoms. The van der Waals surface area contributed by atoms with E-state index in [1.165, 1.54) is 75.7 Å². The van der Waals surface area contributed by atoms with Gasteiger partial charge in [-0.2, -0.15) is 24.3 Å². The number of hydrogen-bond acceptors (Lipinski definition) is 0. The van der Waals surface area contributed by atoms with Gasteiger partial charge in [-0.05, 0) is 0 Å². The molecule has 10 aromatic rings. The van der Waals surface area contributed by atoms with Gasteiger partial charge in [0.1, 0.15) is 0 Å². The van der Waals surface area contributed by atoms with Crippen molar-refractivity contribution in [1.29, 1.82) is 0 Å². The summed E-state index contributed by atoms with van der Waals surface area (Å²) in [6, 6.07) is 72.3. The zero-order chi connectivity index (χ0) is 39.5. The molecule has 0 aromatic heterocycles. The van der Waals surface area contributed by atoms with E-state index in [-0.39, 0.29) is 76.5 Å². The number of halogens is 2. The molecule has 0 aliphatic heterocycles. The second-order valence-corrected chi connectivity index (χ2v) is 16.0.